The minimum Gasteiger partial charge on any atom is -0.497 e. The van der Waals surface area contributed by atoms with Gasteiger partial charge in [-0.15, -0.1) is 24.8 Å². The summed E-state index contributed by atoms with van der Waals surface area (Å²) in [5, 5.41) is 8.50. The fourth-order valence-corrected chi connectivity index (χ4v) is 4.46. The number of halogens is 2. The van der Waals surface area contributed by atoms with Gasteiger partial charge in [0.1, 0.15) is 5.75 Å². The van der Waals surface area contributed by atoms with Gasteiger partial charge in [0, 0.05) is 29.2 Å². The average Bonchev–Trinajstić information content (AvgIpc) is 2.86. The highest BCUT2D eigenvalue weighted by molar-refractivity contribution is 5.93. The van der Waals surface area contributed by atoms with Crippen LogP contribution in [0.25, 0.3) is 22.2 Å². The molecule has 2 N–H and O–H groups in total. The number of fused-ring (bicyclic) bond motifs is 1. The third-order valence-electron chi connectivity index (χ3n) is 6.41. The van der Waals surface area contributed by atoms with E-state index in [4.69, 9.17) is 9.72 Å². The van der Waals surface area contributed by atoms with Gasteiger partial charge in [0.2, 0.25) is 0 Å². The van der Waals surface area contributed by atoms with Gasteiger partial charge in [-0.25, -0.2) is 4.98 Å². The van der Waals surface area contributed by atoms with E-state index in [1.807, 2.05) is 18.2 Å². The van der Waals surface area contributed by atoms with E-state index < -0.39 is 0 Å². The first-order valence-electron chi connectivity index (χ1n) is 11.9. The normalized spacial score (nSPS) is 15.4. The van der Waals surface area contributed by atoms with Crippen LogP contribution in [-0.4, -0.2) is 56.3 Å². The zero-order valence-electron chi connectivity index (χ0n) is 20.3. The third kappa shape index (κ3) is 7.74. The lowest BCUT2D eigenvalue weighted by Gasteiger charge is -2.26. The predicted molar refractivity (Wildman–Crippen MR) is 149 cm³/mol. The molecule has 3 aromatic rings. The summed E-state index contributed by atoms with van der Waals surface area (Å²) in [6.07, 6.45) is 6.42. The molecule has 34 heavy (non-hydrogen) atoms. The monoisotopic (exact) mass is 504 g/mol. The van der Waals surface area contributed by atoms with Gasteiger partial charge >= 0.3 is 0 Å². The van der Waals surface area contributed by atoms with E-state index in [-0.39, 0.29) is 24.8 Å². The van der Waals surface area contributed by atoms with Gasteiger partial charge in [-0.2, -0.15) is 0 Å². The predicted octanol–water partition coefficient (Wildman–Crippen LogP) is 6.02. The van der Waals surface area contributed by atoms with E-state index in [1.54, 1.807) is 7.11 Å². The van der Waals surface area contributed by atoms with E-state index in [9.17, 15) is 0 Å². The minimum atomic E-state index is 0. The molecule has 0 saturated carbocycles. The topological polar surface area (TPSA) is 49.4 Å². The molecule has 0 amide bonds. The van der Waals surface area contributed by atoms with Gasteiger partial charge in [0.25, 0.3) is 0 Å². The molecule has 1 fully saturated rings. The van der Waals surface area contributed by atoms with Crippen LogP contribution in [0, 0.1) is 0 Å². The van der Waals surface area contributed by atoms with Gasteiger partial charge in [0.05, 0.1) is 18.3 Å². The molecule has 4 rings (SSSR count). The molecule has 2 aromatic carbocycles. The first-order valence-corrected chi connectivity index (χ1v) is 11.9. The second-order valence-electron chi connectivity index (χ2n) is 8.82. The van der Waals surface area contributed by atoms with Crippen LogP contribution in [0.5, 0.6) is 5.75 Å². The number of hydrogen-bond donors (Lipinski definition) is 2. The molecule has 1 atom stereocenters. The number of pyridine rings is 1. The Kier molecular flexibility index (Phi) is 11.9. The third-order valence-corrected chi connectivity index (χ3v) is 6.41. The summed E-state index contributed by atoms with van der Waals surface area (Å²) in [4.78, 5) is 7.36. The van der Waals surface area contributed by atoms with Crippen LogP contribution in [-0.2, 0) is 0 Å². The zero-order chi connectivity index (χ0) is 22.2. The highest BCUT2D eigenvalue weighted by Crippen LogP contribution is 2.29. The van der Waals surface area contributed by atoms with Crippen LogP contribution in [0.3, 0.4) is 0 Å². The van der Waals surface area contributed by atoms with E-state index >= 15 is 0 Å². The number of nitrogens with one attached hydrogen (secondary N) is 2. The maximum absolute atomic E-state index is 5.30. The Morgan fingerprint density at radius 3 is 2.59 bits per heavy atom. The number of benzene rings is 2. The fourth-order valence-electron chi connectivity index (χ4n) is 4.46. The highest BCUT2D eigenvalue weighted by Gasteiger charge is 2.13. The smallest absolute Gasteiger partial charge is 0.118 e. The van der Waals surface area contributed by atoms with Crippen molar-refractivity contribution in [2.24, 2.45) is 0 Å². The number of nitrogens with zero attached hydrogens (tertiary/aromatic N) is 2. The molecule has 7 heteroatoms. The number of para-hydroxylation sites is 1. The van der Waals surface area contributed by atoms with Crippen LogP contribution in [0.1, 0.15) is 32.1 Å². The molecule has 5 nitrogen and oxygen atoms in total. The average molecular weight is 506 g/mol. The fraction of sp³-hybridized carbons (Fsp3) is 0.444. The van der Waals surface area contributed by atoms with Crippen LogP contribution in [0.4, 0.5) is 5.69 Å². The van der Waals surface area contributed by atoms with E-state index in [2.05, 4.69) is 59.0 Å². The number of aromatic nitrogens is 1. The Hall–Kier alpha value is -2.05. The van der Waals surface area contributed by atoms with Gasteiger partial charge in [0.15, 0.2) is 0 Å². The van der Waals surface area contributed by atoms with Crippen molar-refractivity contribution in [1.82, 2.24) is 15.2 Å². The molecule has 0 aliphatic carbocycles. The minimum absolute atomic E-state index is 0. The van der Waals surface area contributed by atoms with E-state index in [0.29, 0.717) is 6.04 Å². The van der Waals surface area contributed by atoms with Gasteiger partial charge < -0.3 is 20.3 Å². The molecule has 1 saturated heterocycles. The Morgan fingerprint density at radius 1 is 1.06 bits per heavy atom. The van der Waals surface area contributed by atoms with Crippen LogP contribution >= 0.6 is 24.8 Å². The lowest BCUT2D eigenvalue weighted by Crippen LogP contribution is -2.37. The zero-order valence-corrected chi connectivity index (χ0v) is 21.9. The number of methoxy groups -OCH3 is 1. The lowest BCUT2D eigenvalue weighted by molar-refractivity contribution is 0.287. The SMILES string of the molecule is COc1ccc(-c2cc(NCCCN(C)CCC3CCCCN3)c3ccccc3n2)cc1.Cl.Cl. The Bertz CT molecular complexity index is 994. The molecular weight excluding hydrogens is 467 g/mol. The van der Waals surface area contributed by atoms with Crippen LogP contribution in [0.15, 0.2) is 54.6 Å². The standard InChI is InChI=1S/C27H36N4O.2ClH/c1-31(19-15-22-8-5-6-16-28-22)18-7-17-29-27-20-26(21-11-13-23(32-2)14-12-21)30-25-10-4-3-9-24(25)27;;/h3-4,9-14,20,22,28H,5-8,15-19H2,1-2H3,(H,29,30);2*1H. The maximum atomic E-state index is 5.30. The number of anilines is 1. The second-order valence-corrected chi connectivity index (χ2v) is 8.82. The highest BCUT2D eigenvalue weighted by atomic mass is 35.5. The van der Waals surface area contributed by atoms with Gasteiger partial charge in [-0.3, -0.25) is 0 Å². The number of rotatable bonds is 10. The first kappa shape index (κ1) is 28.2. The van der Waals surface area contributed by atoms with Crippen molar-refractivity contribution in [3.8, 4) is 17.0 Å². The number of hydrogen-bond acceptors (Lipinski definition) is 5. The maximum Gasteiger partial charge on any atom is 0.118 e. The molecule has 1 aliphatic rings. The summed E-state index contributed by atoms with van der Waals surface area (Å²) in [6.45, 7) is 4.41. The molecule has 0 bridgehead atoms. The van der Waals surface area contributed by atoms with Crippen molar-refractivity contribution in [1.29, 1.82) is 0 Å². The van der Waals surface area contributed by atoms with E-state index in [0.717, 1.165) is 54.3 Å². The Morgan fingerprint density at radius 2 is 1.85 bits per heavy atom. The van der Waals surface area contributed by atoms with Crippen LogP contribution in [0.2, 0.25) is 0 Å². The molecule has 1 unspecified atom stereocenters. The van der Waals surface area contributed by atoms with Crippen molar-refractivity contribution < 1.29 is 4.74 Å². The number of ether oxygens (including phenoxy) is 1. The molecule has 1 aliphatic heterocycles. The van der Waals surface area contributed by atoms with Crippen LogP contribution < -0.4 is 15.4 Å². The lowest BCUT2D eigenvalue weighted by atomic mass is 10.0. The largest absolute Gasteiger partial charge is 0.497 e. The summed E-state index contributed by atoms with van der Waals surface area (Å²) in [5.41, 5.74) is 4.23. The molecule has 0 spiro atoms. The second kappa shape index (κ2) is 14.4. The summed E-state index contributed by atoms with van der Waals surface area (Å²) in [5.74, 6) is 0.858. The quantitative estimate of drug-likeness (QED) is 0.330. The Balaban J connectivity index is 0.00000204. The van der Waals surface area contributed by atoms with Crippen molar-refractivity contribution in [3.63, 3.8) is 0 Å². The summed E-state index contributed by atoms with van der Waals surface area (Å²) in [6, 6.07) is 19.3. The number of piperidine rings is 1. The molecular formula is C27H38Cl2N4O. The summed E-state index contributed by atoms with van der Waals surface area (Å²) < 4.78 is 5.30. The summed E-state index contributed by atoms with van der Waals surface area (Å²) in [7, 11) is 3.93. The molecule has 2 heterocycles. The first-order chi connectivity index (χ1) is 15.7. The summed E-state index contributed by atoms with van der Waals surface area (Å²) >= 11 is 0. The van der Waals surface area contributed by atoms with Crippen molar-refractivity contribution >= 4 is 41.4 Å². The van der Waals surface area contributed by atoms with Gasteiger partial charge in [-0.1, -0.05) is 24.6 Å². The van der Waals surface area contributed by atoms with Crippen molar-refractivity contribution in [3.05, 3.63) is 54.6 Å². The van der Waals surface area contributed by atoms with E-state index in [1.165, 1.54) is 37.6 Å². The van der Waals surface area contributed by atoms with Crippen molar-refractivity contribution in [2.45, 2.75) is 38.1 Å². The van der Waals surface area contributed by atoms with Crippen molar-refractivity contribution in [2.75, 3.05) is 45.7 Å². The molecule has 186 valence electrons. The molecule has 0 radical (unpaired) electrons. The Labute approximate surface area is 216 Å². The van der Waals surface area contributed by atoms with Gasteiger partial charge in [-0.05, 0) is 88.8 Å². The molecule has 1 aromatic heterocycles.